The van der Waals surface area contributed by atoms with E-state index < -0.39 is 0 Å². The molecular formula is C13H17NOS. The summed E-state index contributed by atoms with van der Waals surface area (Å²) in [4.78, 5) is 0. The van der Waals surface area contributed by atoms with E-state index in [2.05, 4.69) is 29.8 Å². The Labute approximate surface area is 101 Å². The number of rotatable bonds is 5. The van der Waals surface area contributed by atoms with Crippen LogP contribution in [0, 0.1) is 0 Å². The van der Waals surface area contributed by atoms with Crippen molar-refractivity contribution in [2.45, 2.75) is 13.5 Å². The fourth-order valence-electron chi connectivity index (χ4n) is 1.88. The third kappa shape index (κ3) is 2.19. The average molecular weight is 235 g/mol. The Morgan fingerprint density at radius 3 is 2.94 bits per heavy atom. The van der Waals surface area contributed by atoms with Crippen molar-refractivity contribution < 1.29 is 4.74 Å². The van der Waals surface area contributed by atoms with Crippen molar-refractivity contribution >= 4 is 22.7 Å². The number of aromatic nitrogens is 1. The maximum Gasteiger partial charge on any atom is 0.128 e. The zero-order chi connectivity index (χ0) is 11.4. The predicted octanol–water partition coefficient (Wildman–Crippen LogP) is 3.40. The summed E-state index contributed by atoms with van der Waals surface area (Å²) in [5.74, 6) is 3.31. The van der Waals surface area contributed by atoms with Crippen molar-refractivity contribution in [2.24, 2.45) is 0 Å². The summed E-state index contributed by atoms with van der Waals surface area (Å²) in [6.45, 7) is 3.26. The van der Waals surface area contributed by atoms with Gasteiger partial charge in [-0.25, -0.2) is 0 Å². The molecule has 2 rings (SSSR count). The molecule has 0 saturated carbocycles. The summed E-state index contributed by atoms with van der Waals surface area (Å²) in [5.41, 5.74) is 1.26. The van der Waals surface area contributed by atoms with E-state index in [0.717, 1.165) is 18.0 Å². The van der Waals surface area contributed by atoms with Crippen molar-refractivity contribution in [3.63, 3.8) is 0 Å². The molecular weight excluding hydrogens is 218 g/mol. The Bertz CT molecular complexity index is 464. The highest BCUT2D eigenvalue weighted by Crippen LogP contribution is 2.26. The minimum atomic E-state index is 0.958. The summed E-state index contributed by atoms with van der Waals surface area (Å²) in [5, 5.41) is 1.20. The molecule has 0 bridgehead atoms. The molecule has 2 nitrogen and oxygen atoms in total. The summed E-state index contributed by atoms with van der Waals surface area (Å²) in [6, 6.07) is 8.33. The zero-order valence-electron chi connectivity index (χ0n) is 9.77. The van der Waals surface area contributed by atoms with Crippen LogP contribution in [0.3, 0.4) is 0 Å². The molecule has 0 saturated heterocycles. The van der Waals surface area contributed by atoms with Gasteiger partial charge in [0.1, 0.15) is 5.75 Å². The van der Waals surface area contributed by atoms with Gasteiger partial charge in [-0.05, 0) is 24.0 Å². The zero-order valence-corrected chi connectivity index (χ0v) is 10.6. The van der Waals surface area contributed by atoms with Gasteiger partial charge in [0.05, 0.1) is 12.6 Å². The van der Waals surface area contributed by atoms with Crippen LogP contribution in [0.15, 0.2) is 30.5 Å². The second kappa shape index (κ2) is 5.30. The van der Waals surface area contributed by atoms with Gasteiger partial charge in [-0.15, -0.1) is 0 Å². The molecule has 0 spiro atoms. The van der Waals surface area contributed by atoms with Gasteiger partial charge in [0, 0.05) is 23.9 Å². The standard InChI is InChI=1S/C13H17NOS/c1-3-16-10-9-14-8-7-11-12(14)5-4-6-13(11)15-2/h4-8H,3,9-10H2,1-2H3. The Morgan fingerprint density at radius 1 is 1.31 bits per heavy atom. The van der Waals surface area contributed by atoms with E-state index in [1.54, 1.807) is 7.11 Å². The summed E-state index contributed by atoms with van der Waals surface area (Å²) < 4.78 is 7.64. The van der Waals surface area contributed by atoms with E-state index in [4.69, 9.17) is 4.74 Å². The van der Waals surface area contributed by atoms with E-state index in [-0.39, 0.29) is 0 Å². The Balaban J connectivity index is 2.27. The molecule has 0 N–H and O–H groups in total. The lowest BCUT2D eigenvalue weighted by molar-refractivity contribution is 0.420. The van der Waals surface area contributed by atoms with Gasteiger partial charge in [0.25, 0.3) is 0 Å². The number of nitrogens with zero attached hydrogens (tertiary/aromatic N) is 1. The van der Waals surface area contributed by atoms with E-state index in [9.17, 15) is 0 Å². The van der Waals surface area contributed by atoms with Crippen LogP contribution in [0.25, 0.3) is 10.9 Å². The number of hydrogen-bond acceptors (Lipinski definition) is 2. The molecule has 0 fully saturated rings. The molecule has 1 aromatic heterocycles. The number of ether oxygens (including phenoxy) is 1. The predicted molar refractivity (Wildman–Crippen MR) is 71.5 cm³/mol. The van der Waals surface area contributed by atoms with E-state index in [1.165, 1.54) is 16.7 Å². The number of aryl methyl sites for hydroxylation is 1. The van der Waals surface area contributed by atoms with Gasteiger partial charge in [-0.2, -0.15) is 11.8 Å². The second-order valence-corrected chi connectivity index (χ2v) is 4.99. The number of fused-ring (bicyclic) bond motifs is 1. The van der Waals surface area contributed by atoms with E-state index in [0.29, 0.717) is 0 Å². The smallest absolute Gasteiger partial charge is 0.128 e. The minimum absolute atomic E-state index is 0.958. The maximum absolute atomic E-state index is 5.35. The van der Waals surface area contributed by atoms with Gasteiger partial charge in [0.15, 0.2) is 0 Å². The number of thioether (sulfide) groups is 1. The summed E-state index contributed by atoms with van der Waals surface area (Å²) in [7, 11) is 1.72. The van der Waals surface area contributed by atoms with Crippen LogP contribution in [0.1, 0.15) is 6.92 Å². The quantitative estimate of drug-likeness (QED) is 0.737. The van der Waals surface area contributed by atoms with Gasteiger partial charge in [0.2, 0.25) is 0 Å². The molecule has 16 heavy (non-hydrogen) atoms. The molecule has 1 aromatic carbocycles. The molecule has 1 heterocycles. The molecule has 0 aliphatic heterocycles. The number of benzene rings is 1. The third-order valence-corrected chi connectivity index (χ3v) is 3.55. The van der Waals surface area contributed by atoms with Gasteiger partial charge in [-0.1, -0.05) is 13.0 Å². The van der Waals surface area contributed by atoms with E-state index in [1.807, 2.05) is 23.9 Å². The largest absolute Gasteiger partial charge is 0.496 e. The first kappa shape index (κ1) is 11.4. The molecule has 86 valence electrons. The van der Waals surface area contributed by atoms with Crippen LogP contribution in [0.5, 0.6) is 5.75 Å². The average Bonchev–Trinajstić information content (AvgIpc) is 2.73. The van der Waals surface area contributed by atoms with Crippen LogP contribution in [-0.4, -0.2) is 23.2 Å². The van der Waals surface area contributed by atoms with Crippen molar-refractivity contribution in [3.8, 4) is 5.75 Å². The highest BCUT2D eigenvalue weighted by Gasteiger charge is 2.04. The first-order valence-electron chi connectivity index (χ1n) is 5.56. The molecule has 0 aliphatic rings. The van der Waals surface area contributed by atoms with Crippen LogP contribution < -0.4 is 4.74 Å². The summed E-state index contributed by atoms with van der Waals surface area (Å²) >= 11 is 1.97. The first-order valence-corrected chi connectivity index (χ1v) is 6.72. The fourth-order valence-corrected chi connectivity index (χ4v) is 2.49. The number of methoxy groups -OCH3 is 1. The number of hydrogen-bond donors (Lipinski definition) is 0. The van der Waals surface area contributed by atoms with Crippen molar-refractivity contribution in [1.82, 2.24) is 4.57 Å². The lowest BCUT2D eigenvalue weighted by Gasteiger charge is -2.06. The lowest BCUT2D eigenvalue weighted by Crippen LogP contribution is -1.98. The van der Waals surface area contributed by atoms with Crippen LogP contribution in [0.4, 0.5) is 0 Å². The minimum Gasteiger partial charge on any atom is -0.496 e. The molecule has 0 atom stereocenters. The molecule has 0 amide bonds. The van der Waals surface area contributed by atoms with Gasteiger partial charge >= 0.3 is 0 Å². The van der Waals surface area contributed by atoms with E-state index >= 15 is 0 Å². The van der Waals surface area contributed by atoms with Crippen LogP contribution in [-0.2, 0) is 6.54 Å². The van der Waals surface area contributed by atoms with Crippen molar-refractivity contribution in [1.29, 1.82) is 0 Å². The van der Waals surface area contributed by atoms with Gasteiger partial charge < -0.3 is 9.30 Å². The van der Waals surface area contributed by atoms with Crippen LogP contribution in [0.2, 0.25) is 0 Å². The summed E-state index contributed by atoms with van der Waals surface area (Å²) in [6.07, 6.45) is 2.14. The van der Waals surface area contributed by atoms with Crippen molar-refractivity contribution in [2.75, 3.05) is 18.6 Å². The van der Waals surface area contributed by atoms with Gasteiger partial charge in [-0.3, -0.25) is 0 Å². The maximum atomic E-state index is 5.35. The second-order valence-electron chi connectivity index (χ2n) is 3.60. The Morgan fingerprint density at radius 2 is 2.19 bits per heavy atom. The highest BCUT2D eigenvalue weighted by atomic mass is 32.2. The first-order chi connectivity index (χ1) is 7.86. The SMILES string of the molecule is CCSCCn1ccc2c(OC)cccc21. The third-order valence-electron chi connectivity index (χ3n) is 2.67. The topological polar surface area (TPSA) is 14.2 Å². The molecule has 2 aromatic rings. The highest BCUT2D eigenvalue weighted by molar-refractivity contribution is 7.99. The normalized spacial score (nSPS) is 10.9. The molecule has 0 aliphatic carbocycles. The molecule has 0 unspecified atom stereocenters. The Kier molecular flexibility index (Phi) is 3.78. The monoisotopic (exact) mass is 235 g/mol. The van der Waals surface area contributed by atoms with Crippen molar-refractivity contribution in [3.05, 3.63) is 30.5 Å². The molecule has 0 radical (unpaired) electrons. The lowest BCUT2D eigenvalue weighted by atomic mass is 10.2. The molecule has 3 heteroatoms. The fraction of sp³-hybridized carbons (Fsp3) is 0.385. The Hall–Kier alpha value is -1.09. The van der Waals surface area contributed by atoms with Crippen LogP contribution >= 0.6 is 11.8 Å².